The van der Waals surface area contributed by atoms with Crippen LogP contribution in [0.5, 0.6) is 17.2 Å². The number of carbonyl (C=O) groups excluding carboxylic acids is 2. The molecule has 35 heavy (non-hydrogen) atoms. The number of halogens is 1. The van der Waals surface area contributed by atoms with Gasteiger partial charge in [-0.2, -0.15) is 11.8 Å². The molecule has 0 saturated heterocycles. The highest BCUT2D eigenvalue weighted by Crippen LogP contribution is 2.24. The average molecular weight is 504 g/mol. The highest BCUT2D eigenvalue weighted by Gasteiger charge is 2.26. The zero-order valence-corrected chi connectivity index (χ0v) is 20.6. The van der Waals surface area contributed by atoms with Crippen molar-refractivity contribution in [3.63, 3.8) is 0 Å². The van der Waals surface area contributed by atoms with Gasteiger partial charge in [0.2, 0.25) is 11.2 Å². The largest absolute Gasteiger partial charge is 0.460 e. The second-order valence-corrected chi connectivity index (χ2v) is 9.53. The topological polar surface area (TPSA) is 104 Å². The highest BCUT2D eigenvalue weighted by molar-refractivity contribution is 7.98. The minimum Gasteiger partial charge on any atom is -0.460 e. The molecule has 1 N–H and O–H groups in total. The molecule has 10 heteroatoms. The first kappa shape index (κ1) is 26.1. The Bertz CT molecular complexity index is 1250. The number of benzene rings is 2. The third kappa shape index (κ3) is 7.48. The summed E-state index contributed by atoms with van der Waals surface area (Å²) < 4.78 is 34.8. The molecule has 2 aromatic carbocycles. The minimum atomic E-state index is -0.925. The van der Waals surface area contributed by atoms with Crippen LogP contribution in [0.4, 0.5) is 9.18 Å². The van der Waals surface area contributed by atoms with E-state index in [0.29, 0.717) is 12.2 Å². The predicted octanol–water partition coefficient (Wildman–Crippen LogP) is 5.28. The fourth-order valence-electron chi connectivity index (χ4n) is 2.98. The summed E-state index contributed by atoms with van der Waals surface area (Å²) >= 11 is 1.52. The van der Waals surface area contributed by atoms with Crippen molar-refractivity contribution in [2.75, 3.05) is 12.0 Å². The molecule has 0 fully saturated rings. The Kier molecular flexibility index (Phi) is 8.39. The Morgan fingerprint density at radius 2 is 1.80 bits per heavy atom. The Balaban J connectivity index is 1.75. The van der Waals surface area contributed by atoms with E-state index < -0.39 is 35.0 Å². The Morgan fingerprint density at radius 3 is 2.46 bits per heavy atom. The summed E-state index contributed by atoms with van der Waals surface area (Å²) in [5, 5.41) is 2.75. The Hall–Kier alpha value is -3.53. The quantitative estimate of drug-likeness (QED) is 0.327. The second kappa shape index (κ2) is 11.3. The van der Waals surface area contributed by atoms with Gasteiger partial charge in [-0.1, -0.05) is 0 Å². The molecule has 1 heterocycles. The molecule has 0 bridgehead atoms. The lowest BCUT2D eigenvalue weighted by atomic mass is 10.2. The lowest BCUT2D eigenvalue weighted by Crippen LogP contribution is -2.45. The van der Waals surface area contributed by atoms with Gasteiger partial charge in [0.05, 0.1) is 5.39 Å². The number of alkyl carbamates (subject to hydrolysis) is 1. The fourth-order valence-corrected chi connectivity index (χ4v) is 3.45. The van der Waals surface area contributed by atoms with E-state index in [1.54, 1.807) is 20.8 Å². The average Bonchev–Trinajstić information content (AvgIpc) is 2.78. The first-order valence-electron chi connectivity index (χ1n) is 10.7. The molecule has 1 aromatic heterocycles. The summed E-state index contributed by atoms with van der Waals surface area (Å²) in [5.41, 5.74) is -0.988. The number of carbonyl (C=O) groups is 2. The molecule has 0 aliphatic heterocycles. The monoisotopic (exact) mass is 503 g/mol. The maximum Gasteiger partial charge on any atom is 0.408 e. The number of hydrogen-bond donors (Lipinski definition) is 1. The number of fused-ring (bicyclic) bond motifs is 1. The van der Waals surface area contributed by atoms with E-state index in [0.717, 1.165) is 6.26 Å². The van der Waals surface area contributed by atoms with E-state index >= 15 is 0 Å². The number of amides is 1. The molecule has 1 atom stereocenters. The molecule has 1 amide bonds. The van der Waals surface area contributed by atoms with Crippen LogP contribution < -0.4 is 20.2 Å². The summed E-state index contributed by atoms with van der Waals surface area (Å²) in [6.07, 6.45) is 2.63. The van der Waals surface area contributed by atoms with Gasteiger partial charge in [0.25, 0.3) is 0 Å². The van der Waals surface area contributed by atoms with Gasteiger partial charge in [0, 0.05) is 6.07 Å². The number of ether oxygens (including phenoxy) is 3. The van der Waals surface area contributed by atoms with Gasteiger partial charge in [0.1, 0.15) is 40.8 Å². The third-order valence-corrected chi connectivity index (χ3v) is 5.20. The summed E-state index contributed by atoms with van der Waals surface area (Å²) in [4.78, 5) is 37.7. The number of thioether (sulfide) groups is 1. The van der Waals surface area contributed by atoms with Gasteiger partial charge in [-0.3, -0.25) is 4.79 Å². The van der Waals surface area contributed by atoms with Crippen LogP contribution in [0.15, 0.2) is 57.9 Å². The van der Waals surface area contributed by atoms with Crippen molar-refractivity contribution >= 4 is 34.8 Å². The SMILES string of the molecule is CSCCC(NC(=O)OC(C)(C)C)C(=O)Oc1ccc2c(=O)c(Oc3ccc(F)cc3)coc2c1. The lowest BCUT2D eigenvalue weighted by molar-refractivity contribution is -0.136. The molecule has 0 spiro atoms. The molecule has 0 aliphatic carbocycles. The fraction of sp³-hybridized carbons (Fsp3) is 0.320. The summed E-state index contributed by atoms with van der Waals surface area (Å²) in [5.74, 6) is -0.161. The van der Waals surface area contributed by atoms with Crippen molar-refractivity contribution in [1.82, 2.24) is 5.32 Å². The van der Waals surface area contributed by atoms with E-state index in [1.807, 2.05) is 6.26 Å². The van der Waals surface area contributed by atoms with Crippen LogP contribution in [0.25, 0.3) is 11.0 Å². The van der Waals surface area contributed by atoms with Gasteiger partial charge in [-0.25, -0.2) is 14.0 Å². The zero-order valence-electron chi connectivity index (χ0n) is 19.8. The lowest BCUT2D eigenvalue weighted by Gasteiger charge is -2.22. The van der Waals surface area contributed by atoms with Crippen LogP contribution in [0.3, 0.4) is 0 Å². The second-order valence-electron chi connectivity index (χ2n) is 8.54. The van der Waals surface area contributed by atoms with Crippen molar-refractivity contribution in [1.29, 1.82) is 0 Å². The summed E-state index contributed by atoms with van der Waals surface area (Å²) in [7, 11) is 0. The standard InChI is InChI=1S/C25H26FNO7S/c1-25(2,3)34-24(30)27-19(11-12-35-4)23(29)33-17-9-10-18-20(13-17)31-14-21(22(18)28)32-16-7-5-15(26)6-8-16/h5-10,13-14,19H,11-12H2,1-4H3,(H,27,30). The number of nitrogens with one attached hydrogen (secondary N) is 1. The molecular formula is C25H26FNO7S. The zero-order chi connectivity index (χ0) is 25.6. The van der Waals surface area contributed by atoms with E-state index in [9.17, 15) is 18.8 Å². The van der Waals surface area contributed by atoms with Crippen molar-refractivity contribution < 1.29 is 32.6 Å². The molecule has 0 aliphatic rings. The minimum absolute atomic E-state index is 0.0763. The molecule has 0 saturated carbocycles. The highest BCUT2D eigenvalue weighted by atomic mass is 32.2. The normalized spacial score (nSPS) is 12.1. The van der Waals surface area contributed by atoms with Gasteiger partial charge in [-0.05, 0) is 75.6 Å². The smallest absolute Gasteiger partial charge is 0.408 e. The van der Waals surface area contributed by atoms with E-state index in [1.165, 1.54) is 54.2 Å². The number of hydrogen-bond acceptors (Lipinski definition) is 8. The molecule has 186 valence electrons. The van der Waals surface area contributed by atoms with Crippen LogP contribution in [-0.2, 0) is 9.53 Å². The van der Waals surface area contributed by atoms with Crippen molar-refractivity contribution in [2.45, 2.75) is 38.8 Å². The first-order valence-corrected chi connectivity index (χ1v) is 12.1. The Labute approximate surface area is 205 Å². The first-order chi connectivity index (χ1) is 16.6. The maximum atomic E-state index is 13.1. The van der Waals surface area contributed by atoms with Gasteiger partial charge >= 0.3 is 12.1 Å². The van der Waals surface area contributed by atoms with Crippen LogP contribution in [0, 0.1) is 5.82 Å². The molecule has 1 unspecified atom stereocenters. The predicted molar refractivity (Wildman–Crippen MR) is 131 cm³/mol. The van der Waals surface area contributed by atoms with Crippen molar-refractivity contribution in [3.05, 3.63) is 64.8 Å². The van der Waals surface area contributed by atoms with E-state index in [4.69, 9.17) is 18.6 Å². The van der Waals surface area contributed by atoms with Gasteiger partial charge in [0.15, 0.2) is 0 Å². The van der Waals surface area contributed by atoms with Crippen molar-refractivity contribution in [2.24, 2.45) is 0 Å². The summed E-state index contributed by atoms with van der Waals surface area (Å²) in [6, 6.07) is 8.56. The van der Waals surface area contributed by atoms with E-state index in [-0.39, 0.29) is 28.2 Å². The Morgan fingerprint density at radius 1 is 1.11 bits per heavy atom. The molecule has 0 radical (unpaired) electrons. The van der Waals surface area contributed by atoms with Gasteiger partial charge < -0.3 is 23.9 Å². The maximum absolute atomic E-state index is 13.1. The van der Waals surface area contributed by atoms with Crippen molar-refractivity contribution in [3.8, 4) is 17.2 Å². The van der Waals surface area contributed by atoms with Crippen LogP contribution >= 0.6 is 11.8 Å². The van der Waals surface area contributed by atoms with Gasteiger partial charge in [-0.15, -0.1) is 0 Å². The van der Waals surface area contributed by atoms with Crippen LogP contribution in [-0.4, -0.2) is 35.7 Å². The molecule has 3 aromatic rings. The molecular weight excluding hydrogens is 477 g/mol. The van der Waals surface area contributed by atoms with Crippen LogP contribution in [0.2, 0.25) is 0 Å². The van der Waals surface area contributed by atoms with Crippen LogP contribution in [0.1, 0.15) is 27.2 Å². The third-order valence-electron chi connectivity index (χ3n) is 4.56. The summed E-state index contributed by atoms with van der Waals surface area (Å²) in [6.45, 7) is 5.17. The van der Waals surface area contributed by atoms with E-state index in [2.05, 4.69) is 5.32 Å². The molecule has 3 rings (SSSR count). The molecule has 8 nitrogen and oxygen atoms in total. The number of rotatable bonds is 8. The number of esters is 1.